The molecule has 1 aromatic heterocycles. The Morgan fingerprint density at radius 3 is 1.75 bits per heavy atom. The smallest absolute Gasteiger partial charge is 0.227 e. The highest BCUT2D eigenvalue weighted by molar-refractivity contribution is 5.99. The lowest BCUT2D eigenvalue weighted by Crippen LogP contribution is -2.15. The van der Waals surface area contributed by atoms with E-state index in [4.69, 9.17) is 9.40 Å². The maximum atomic E-state index is 6.32. The first-order valence-corrected chi connectivity index (χ1v) is 17.5. The van der Waals surface area contributed by atoms with Gasteiger partial charge >= 0.3 is 0 Å². The number of rotatable bonds is 5. The number of hydrogen-bond acceptors (Lipinski definition) is 3. The van der Waals surface area contributed by atoms with Gasteiger partial charge in [0.05, 0.1) is 0 Å². The minimum absolute atomic E-state index is 0.194. The Kier molecular flexibility index (Phi) is 6.53. The Hall–Kier alpha value is -6.45. The average molecular weight is 655 g/mol. The molecular weight excluding hydrogens is 621 g/mol. The third kappa shape index (κ3) is 4.85. The number of nitrogens with zero attached hydrogens (tertiary/aromatic N) is 2. The van der Waals surface area contributed by atoms with Gasteiger partial charge in [-0.25, -0.2) is 4.98 Å². The largest absolute Gasteiger partial charge is 0.436 e. The predicted molar refractivity (Wildman–Crippen MR) is 212 cm³/mol. The Morgan fingerprint density at radius 2 is 1.00 bits per heavy atom. The van der Waals surface area contributed by atoms with Crippen LogP contribution in [0.4, 0.5) is 17.1 Å². The van der Waals surface area contributed by atoms with Crippen LogP contribution in [0.15, 0.2) is 174 Å². The van der Waals surface area contributed by atoms with E-state index in [-0.39, 0.29) is 5.41 Å². The summed E-state index contributed by atoms with van der Waals surface area (Å²) >= 11 is 0. The second-order valence-corrected chi connectivity index (χ2v) is 14.1. The molecule has 0 amide bonds. The molecule has 0 spiro atoms. The lowest BCUT2D eigenvalue weighted by Gasteiger charge is -2.27. The van der Waals surface area contributed by atoms with Crippen molar-refractivity contribution in [2.24, 2.45) is 0 Å². The second-order valence-electron chi connectivity index (χ2n) is 14.1. The van der Waals surface area contributed by atoms with Gasteiger partial charge in [-0.1, -0.05) is 111 Å². The zero-order chi connectivity index (χ0) is 34.1. The van der Waals surface area contributed by atoms with Gasteiger partial charge in [0.1, 0.15) is 5.52 Å². The summed E-state index contributed by atoms with van der Waals surface area (Å²) in [6, 6.07) is 60.9. The van der Waals surface area contributed by atoms with Crippen LogP contribution >= 0.6 is 0 Å². The zero-order valence-electron chi connectivity index (χ0n) is 28.5. The van der Waals surface area contributed by atoms with Crippen LogP contribution in [0, 0.1) is 0 Å². The molecule has 1 aliphatic rings. The predicted octanol–water partition coefficient (Wildman–Crippen LogP) is 13.2. The van der Waals surface area contributed by atoms with E-state index in [2.05, 4.69) is 158 Å². The van der Waals surface area contributed by atoms with Crippen molar-refractivity contribution in [2.45, 2.75) is 19.3 Å². The van der Waals surface area contributed by atoms with E-state index in [1.54, 1.807) is 0 Å². The van der Waals surface area contributed by atoms with Crippen molar-refractivity contribution >= 4 is 49.7 Å². The molecule has 0 fully saturated rings. The number of aromatic nitrogens is 1. The van der Waals surface area contributed by atoms with E-state index in [9.17, 15) is 0 Å². The first-order valence-electron chi connectivity index (χ1n) is 17.5. The van der Waals surface area contributed by atoms with Crippen LogP contribution in [0.5, 0.6) is 0 Å². The molecule has 3 heteroatoms. The molecule has 0 saturated heterocycles. The first-order chi connectivity index (χ1) is 25.0. The highest BCUT2D eigenvalue weighted by atomic mass is 16.3. The summed E-state index contributed by atoms with van der Waals surface area (Å²) in [7, 11) is 0. The van der Waals surface area contributed by atoms with Crippen LogP contribution < -0.4 is 4.90 Å². The van der Waals surface area contributed by atoms with E-state index in [1.165, 1.54) is 54.9 Å². The standard InChI is InChI=1S/C48H34N2O/c1-48(2)43-28-37-26-40(24-20-36(37)27-41(43)42-29-46-45(30-44(42)48)49-47(51-46)34-14-7-4-8-15-34)50(39-23-19-32-13-9-10-16-35(32)25-39)38-21-17-33(18-22-38)31-11-5-3-6-12-31/h3-30H,1-2H3. The number of fused-ring (bicyclic) bond motifs is 6. The summed E-state index contributed by atoms with van der Waals surface area (Å²) in [5.74, 6) is 0.656. The highest BCUT2D eigenvalue weighted by Crippen LogP contribution is 2.51. The monoisotopic (exact) mass is 654 g/mol. The Bertz CT molecular complexity index is 2760. The van der Waals surface area contributed by atoms with E-state index in [0.29, 0.717) is 5.89 Å². The number of benzene rings is 8. The van der Waals surface area contributed by atoms with Crippen molar-refractivity contribution in [3.8, 4) is 33.7 Å². The van der Waals surface area contributed by atoms with E-state index in [0.717, 1.165) is 33.7 Å². The van der Waals surface area contributed by atoms with E-state index < -0.39 is 0 Å². The van der Waals surface area contributed by atoms with Crippen molar-refractivity contribution in [3.63, 3.8) is 0 Å². The van der Waals surface area contributed by atoms with Gasteiger partial charge in [-0.15, -0.1) is 0 Å². The maximum Gasteiger partial charge on any atom is 0.227 e. The van der Waals surface area contributed by atoms with E-state index >= 15 is 0 Å². The molecule has 0 atom stereocenters. The quantitative estimate of drug-likeness (QED) is 0.185. The van der Waals surface area contributed by atoms with Gasteiger partial charge in [0.25, 0.3) is 0 Å². The van der Waals surface area contributed by atoms with Crippen molar-refractivity contribution in [1.29, 1.82) is 0 Å². The van der Waals surface area contributed by atoms with Crippen LogP contribution in [0.2, 0.25) is 0 Å². The number of oxazole rings is 1. The number of anilines is 3. The van der Waals surface area contributed by atoms with Gasteiger partial charge in [0, 0.05) is 28.0 Å². The van der Waals surface area contributed by atoms with Crippen molar-refractivity contribution in [1.82, 2.24) is 4.98 Å². The topological polar surface area (TPSA) is 29.3 Å². The summed E-state index contributed by atoms with van der Waals surface area (Å²) < 4.78 is 6.32. The van der Waals surface area contributed by atoms with Gasteiger partial charge in [-0.05, 0) is 128 Å². The molecule has 0 unspecified atom stereocenters. The molecule has 0 aliphatic heterocycles. The van der Waals surface area contributed by atoms with Crippen molar-refractivity contribution in [3.05, 3.63) is 181 Å². The summed E-state index contributed by atoms with van der Waals surface area (Å²) in [6.07, 6.45) is 0. The fourth-order valence-electron chi connectivity index (χ4n) is 7.92. The van der Waals surface area contributed by atoms with Crippen LogP contribution in [0.25, 0.3) is 66.4 Å². The molecule has 0 bridgehead atoms. The Labute approximate surface area is 297 Å². The zero-order valence-corrected chi connectivity index (χ0v) is 28.5. The fraction of sp³-hybridized carbons (Fsp3) is 0.0625. The molecular formula is C48H34N2O. The summed E-state index contributed by atoms with van der Waals surface area (Å²) in [5.41, 5.74) is 13.4. The Balaban J connectivity index is 1.09. The summed E-state index contributed by atoms with van der Waals surface area (Å²) in [5, 5.41) is 4.87. The average Bonchev–Trinajstić information content (AvgIpc) is 3.69. The van der Waals surface area contributed by atoms with Crippen LogP contribution in [0.1, 0.15) is 25.0 Å². The lowest BCUT2D eigenvalue weighted by molar-refractivity contribution is 0.619. The molecule has 9 aromatic rings. The molecule has 1 aliphatic carbocycles. The van der Waals surface area contributed by atoms with Gasteiger partial charge < -0.3 is 9.32 Å². The van der Waals surface area contributed by atoms with E-state index in [1.807, 2.05) is 30.3 Å². The molecule has 242 valence electrons. The molecule has 3 nitrogen and oxygen atoms in total. The third-order valence-corrected chi connectivity index (χ3v) is 10.6. The van der Waals surface area contributed by atoms with Gasteiger partial charge in [0.2, 0.25) is 5.89 Å². The minimum atomic E-state index is -0.194. The normalized spacial score (nSPS) is 13.1. The van der Waals surface area contributed by atoms with Crippen LogP contribution in [-0.4, -0.2) is 4.98 Å². The Morgan fingerprint density at radius 1 is 0.451 bits per heavy atom. The molecule has 8 aromatic carbocycles. The highest BCUT2D eigenvalue weighted by Gasteiger charge is 2.37. The molecule has 1 heterocycles. The molecule has 0 N–H and O–H groups in total. The number of hydrogen-bond donors (Lipinski definition) is 0. The van der Waals surface area contributed by atoms with Gasteiger partial charge in [-0.3, -0.25) is 0 Å². The lowest BCUT2D eigenvalue weighted by atomic mass is 9.82. The fourth-order valence-corrected chi connectivity index (χ4v) is 7.92. The first kappa shape index (κ1) is 29.5. The SMILES string of the molecule is CC1(C)c2cc3cc(N(c4ccc(-c5ccccc5)cc4)c4ccc5ccccc5c4)ccc3cc2-c2cc3oc(-c4ccccc4)nc3cc21. The second kappa shape index (κ2) is 11.3. The minimum Gasteiger partial charge on any atom is -0.436 e. The van der Waals surface area contributed by atoms with Crippen molar-refractivity contribution in [2.75, 3.05) is 4.90 Å². The van der Waals surface area contributed by atoms with Gasteiger partial charge in [0.15, 0.2) is 5.58 Å². The molecule has 51 heavy (non-hydrogen) atoms. The maximum absolute atomic E-state index is 6.32. The van der Waals surface area contributed by atoms with Crippen LogP contribution in [0.3, 0.4) is 0 Å². The summed E-state index contributed by atoms with van der Waals surface area (Å²) in [6.45, 7) is 4.65. The van der Waals surface area contributed by atoms with Gasteiger partial charge in [-0.2, -0.15) is 0 Å². The summed E-state index contributed by atoms with van der Waals surface area (Å²) in [4.78, 5) is 7.27. The molecule has 0 radical (unpaired) electrons. The molecule has 0 saturated carbocycles. The van der Waals surface area contributed by atoms with Crippen molar-refractivity contribution < 1.29 is 4.42 Å². The third-order valence-electron chi connectivity index (χ3n) is 10.6. The van der Waals surface area contributed by atoms with Crippen LogP contribution in [-0.2, 0) is 5.41 Å². The molecule has 10 rings (SSSR count).